The van der Waals surface area contributed by atoms with Crippen LogP contribution in [0.4, 0.5) is 0 Å². The number of nitrogens with one attached hydrogen (secondary N) is 2. The van der Waals surface area contributed by atoms with Gasteiger partial charge in [-0.1, -0.05) is 18.2 Å². The van der Waals surface area contributed by atoms with Crippen LogP contribution >= 0.6 is 0 Å². The van der Waals surface area contributed by atoms with Crippen LogP contribution in [0.5, 0.6) is 0 Å². The van der Waals surface area contributed by atoms with Gasteiger partial charge in [0.1, 0.15) is 12.1 Å². The number of rotatable bonds is 5. The molecule has 0 radical (unpaired) electrons. The summed E-state index contributed by atoms with van der Waals surface area (Å²) in [6.45, 7) is 3.94. The molecule has 1 saturated heterocycles. The maximum absolute atomic E-state index is 12.2. The minimum atomic E-state index is -0.773. The minimum Gasteiger partial charge on any atom is -0.467 e. The van der Waals surface area contributed by atoms with Crippen molar-refractivity contribution in [3.63, 3.8) is 0 Å². The maximum Gasteiger partial charge on any atom is 0.328 e. The van der Waals surface area contributed by atoms with Crippen LogP contribution in [0, 0.1) is 13.8 Å². The highest BCUT2D eigenvalue weighted by Crippen LogP contribution is 2.16. The number of amides is 2. The molecular weight excluding hydrogens is 296 g/mol. The van der Waals surface area contributed by atoms with Crippen LogP contribution in [0.3, 0.4) is 0 Å². The van der Waals surface area contributed by atoms with Gasteiger partial charge < -0.3 is 15.4 Å². The Kier molecular flexibility index (Phi) is 5.36. The number of hydrogen-bond acceptors (Lipinski definition) is 4. The summed E-state index contributed by atoms with van der Waals surface area (Å²) in [5.74, 6) is -0.989. The Morgan fingerprint density at radius 2 is 2.00 bits per heavy atom. The molecule has 0 spiro atoms. The molecular formula is C17H22N2O4. The summed E-state index contributed by atoms with van der Waals surface area (Å²) >= 11 is 0. The predicted octanol–water partition coefficient (Wildman–Crippen LogP) is 0.782. The normalized spacial score (nSPS) is 18.2. The maximum atomic E-state index is 12.2. The van der Waals surface area contributed by atoms with Crippen molar-refractivity contribution in [2.45, 2.75) is 45.2 Å². The van der Waals surface area contributed by atoms with E-state index in [1.54, 1.807) is 0 Å². The monoisotopic (exact) mass is 318 g/mol. The van der Waals surface area contributed by atoms with Crippen molar-refractivity contribution in [2.75, 3.05) is 7.11 Å². The lowest BCUT2D eigenvalue weighted by atomic mass is 9.96. The molecule has 0 unspecified atom stereocenters. The molecule has 2 atom stereocenters. The van der Waals surface area contributed by atoms with Gasteiger partial charge in [0, 0.05) is 12.8 Å². The van der Waals surface area contributed by atoms with Crippen molar-refractivity contribution in [1.82, 2.24) is 10.6 Å². The van der Waals surface area contributed by atoms with E-state index in [1.807, 2.05) is 32.0 Å². The van der Waals surface area contributed by atoms with Crippen LogP contribution in [0.25, 0.3) is 0 Å². The van der Waals surface area contributed by atoms with E-state index in [1.165, 1.54) is 7.11 Å². The quantitative estimate of drug-likeness (QED) is 0.786. The third-order valence-electron chi connectivity index (χ3n) is 4.17. The van der Waals surface area contributed by atoms with Gasteiger partial charge in [0.05, 0.1) is 7.11 Å². The van der Waals surface area contributed by atoms with Gasteiger partial charge in [-0.25, -0.2) is 4.79 Å². The highest BCUT2D eigenvalue weighted by atomic mass is 16.5. The Bertz CT molecular complexity index is 607. The molecule has 124 valence electrons. The molecule has 2 N–H and O–H groups in total. The Hall–Kier alpha value is -2.37. The summed E-state index contributed by atoms with van der Waals surface area (Å²) < 4.78 is 4.81. The van der Waals surface area contributed by atoms with Crippen LogP contribution in [0.1, 0.15) is 29.5 Å². The lowest BCUT2D eigenvalue weighted by molar-refractivity contribution is -0.145. The number of carbonyl (C=O) groups excluding carboxylic acids is 3. The summed E-state index contributed by atoms with van der Waals surface area (Å²) in [4.78, 5) is 35.5. The van der Waals surface area contributed by atoms with Gasteiger partial charge >= 0.3 is 5.97 Å². The first-order valence-electron chi connectivity index (χ1n) is 7.65. The van der Waals surface area contributed by atoms with Gasteiger partial charge in [-0.2, -0.15) is 0 Å². The van der Waals surface area contributed by atoms with Crippen LogP contribution in [0.2, 0.25) is 0 Å². The fourth-order valence-electron chi connectivity index (χ4n) is 2.79. The minimum absolute atomic E-state index is 0.144. The highest BCUT2D eigenvalue weighted by Gasteiger charge is 2.31. The fraction of sp³-hybridized carbons (Fsp3) is 0.471. The first-order chi connectivity index (χ1) is 10.9. The number of ether oxygens (including phenoxy) is 1. The molecule has 6 heteroatoms. The molecule has 2 amide bonds. The Labute approximate surface area is 135 Å². The van der Waals surface area contributed by atoms with Crippen molar-refractivity contribution in [3.8, 4) is 0 Å². The second kappa shape index (κ2) is 7.26. The molecule has 2 rings (SSSR count). The summed E-state index contributed by atoms with van der Waals surface area (Å²) in [5, 5.41) is 5.30. The summed E-state index contributed by atoms with van der Waals surface area (Å²) in [5.41, 5.74) is 3.13. The lowest BCUT2D eigenvalue weighted by Gasteiger charge is -2.20. The number of benzene rings is 1. The van der Waals surface area contributed by atoms with E-state index in [4.69, 9.17) is 4.74 Å². The molecule has 1 aliphatic heterocycles. The smallest absolute Gasteiger partial charge is 0.328 e. The van der Waals surface area contributed by atoms with E-state index in [2.05, 4.69) is 10.6 Å². The molecule has 0 aromatic heterocycles. The van der Waals surface area contributed by atoms with E-state index in [0.717, 1.165) is 16.7 Å². The van der Waals surface area contributed by atoms with Crippen molar-refractivity contribution in [1.29, 1.82) is 0 Å². The standard InChI is InChI=1S/C17H22N2O4/c1-10-5-4-6-11(2)12(10)9-14(17(22)23-3)19-16(21)13-7-8-15(20)18-13/h4-6,13-14H,7-9H2,1-3H3,(H,18,20)(H,19,21)/t13-,14-/m1/s1. The zero-order valence-electron chi connectivity index (χ0n) is 13.6. The topological polar surface area (TPSA) is 84.5 Å². The first-order valence-corrected chi connectivity index (χ1v) is 7.65. The van der Waals surface area contributed by atoms with Gasteiger partial charge in [0.15, 0.2) is 0 Å². The van der Waals surface area contributed by atoms with Crippen molar-refractivity contribution >= 4 is 17.8 Å². The molecule has 1 fully saturated rings. The fourth-order valence-corrected chi connectivity index (χ4v) is 2.79. The van der Waals surface area contributed by atoms with E-state index < -0.39 is 18.1 Å². The van der Waals surface area contributed by atoms with Crippen LogP contribution < -0.4 is 10.6 Å². The average Bonchev–Trinajstić information content (AvgIpc) is 2.95. The highest BCUT2D eigenvalue weighted by molar-refractivity contribution is 5.93. The molecule has 1 aromatic carbocycles. The second-order valence-corrected chi connectivity index (χ2v) is 5.82. The van der Waals surface area contributed by atoms with Gasteiger partial charge in [0.25, 0.3) is 0 Å². The number of esters is 1. The van der Waals surface area contributed by atoms with E-state index in [-0.39, 0.29) is 11.8 Å². The Morgan fingerprint density at radius 3 is 2.52 bits per heavy atom. The molecule has 6 nitrogen and oxygen atoms in total. The molecule has 0 saturated carbocycles. The van der Waals surface area contributed by atoms with Crippen molar-refractivity contribution < 1.29 is 19.1 Å². The van der Waals surface area contributed by atoms with Gasteiger partial charge in [0.2, 0.25) is 11.8 Å². The summed E-state index contributed by atoms with van der Waals surface area (Å²) in [6.07, 6.45) is 1.14. The van der Waals surface area contributed by atoms with Crippen LogP contribution in [-0.2, 0) is 25.5 Å². The Morgan fingerprint density at radius 1 is 1.35 bits per heavy atom. The average molecular weight is 318 g/mol. The van der Waals surface area contributed by atoms with Crippen molar-refractivity contribution in [3.05, 3.63) is 34.9 Å². The molecule has 1 aliphatic rings. The third kappa shape index (κ3) is 4.09. The lowest BCUT2D eigenvalue weighted by Crippen LogP contribution is -2.50. The second-order valence-electron chi connectivity index (χ2n) is 5.82. The third-order valence-corrected chi connectivity index (χ3v) is 4.17. The zero-order valence-corrected chi connectivity index (χ0v) is 13.6. The van der Waals surface area contributed by atoms with E-state index in [9.17, 15) is 14.4 Å². The number of carbonyl (C=O) groups is 3. The van der Waals surface area contributed by atoms with Crippen LogP contribution in [-0.4, -0.2) is 37.0 Å². The SMILES string of the molecule is COC(=O)[C@@H](Cc1c(C)cccc1C)NC(=O)[C@H]1CCC(=O)N1. The zero-order chi connectivity index (χ0) is 17.0. The van der Waals surface area contributed by atoms with Gasteiger partial charge in [-0.3, -0.25) is 9.59 Å². The van der Waals surface area contributed by atoms with E-state index in [0.29, 0.717) is 19.3 Å². The van der Waals surface area contributed by atoms with Gasteiger partial charge in [-0.05, 0) is 37.0 Å². The molecule has 23 heavy (non-hydrogen) atoms. The van der Waals surface area contributed by atoms with Gasteiger partial charge in [-0.15, -0.1) is 0 Å². The molecule has 1 aromatic rings. The summed E-state index contributed by atoms with van der Waals surface area (Å²) in [7, 11) is 1.30. The molecule has 1 heterocycles. The Balaban J connectivity index is 2.13. The predicted molar refractivity (Wildman–Crippen MR) is 84.7 cm³/mol. The van der Waals surface area contributed by atoms with Crippen molar-refractivity contribution in [2.24, 2.45) is 0 Å². The van der Waals surface area contributed by atoms with Crippen LogP contribution in [0.15, 0.2) is 18.2 Å². The largest absolute Gasteiger partial charge is 0.467 e. The van der Waals surface area contributed by atoms with E-state index >= 15 is 0 Å². The summed E-state index contributed by atoms with van der Waals surface area (Å²) in [6, 6.07) is 4.54. The number of aryl methyl sites for hydroxylation is 2. The molecule has 0 aliphatic carbocycles. The molecule has 0 bridgehead atoms. The number of methoxy groups -OCH3 is 1. The number of hydrogen-bond donors (Lipinski definition) is 2. The first kappa shape index (κ1) is 17.0.